The van der Waals surface area contributed by atoms with Crippen LogP contribution in [-0.4, -0.2) is 16.6 Å². The normalized spacial score (nSPS) is 18.2. The van der Waals surface area contributed by atoms with E-state index in [9.17, 15) is 4.79 Å². The number of hydrogen-bond acceptors (Lipinski definition) is 3. The van der Waals surface area contributed by atoms with Gasteiger partial charge in [0.2, 0.25) is 5.91 Å². The zero-order chi connectivity index (χ0) is 14.1. The first-order valence-corrected chi connectivity index (χ1v) is 7.56. The van der Waals surface area contributed by atoms with Crippen LogP contribution in [0.4, 0.5) is 0 Å². The van der Waals surface area contributed by atoms with Gasteiger partial charge in [-0.1, -0.05) is 24.3 Å². The fraction of sp³-hybridized carbons (Fsp3) is 0.250. The van der Waals surface area contributed by atoms with Crippen LogP contribution in [-0.2, 0) is 4.79 Å². The monoisotopic (exact) mass is 284 g/mol. The van der Waals surface area contributed by atoms with Crippen molar-refractivity contribution in [3.05, 3.63) is 57.8 Å². The summed E-state index contributed by atoms with van der Waals surface area (Å²) in [5.74, 6) is -0.0107. The highest BCUT2D eigenvalue weighted by molar-refractivity contribution is 7.08. The first-order chi connectivity index (χ1) is 9.66. The summed E-state index contributed by atoms with van der Waals surface area (Å²) < 4.78 is 0. The molecule has 0 spiro atoms. The van der Waals surface area contributed by atoms with Crippen molar-refractivity contribution in [2.75, 3.05) is 0 Å². The van der Waals surface area contributed by atoms with Gasteiger partial charge in [0.05, 0.1) is 11.8 Å². The molecule has 1 amide bonds. The van der Waals surface area contributed by atoms with E-state index < -0.39 is 0 Å². The average Bonchev–Trinajstić information content (AvgIpc) is 3.08. The van der Waals surface area contributed by atoms with Crippen LogP contribution >= 0.6 is 11.3 Å². The summed E-state index contributed by atoms with van der Waals surface area (Å²) in [6.07, 6.45) is 0.779. The third-order valence-electron chi connectivity index (χ3n) is 3.63. The lowest BCUT2D eigenvalue weighted by atomic mass is 9.96. The van der Waals surface area contributed by atoms with E-state index in [1.165, 1.54) is 11.1 Å². The average molecular weight is 284 g/mol. The van der Waals surface area contributed by atoms with Crippen LogP contribution in [0.15, 0.2) is 46.2 Å². The summed E-state index contributed by atoms with van der Waals surface area (Å²) in [5, 5.41) is 10.3. The van der Waals surface area contributed by atoms with E-state index in [2.05, 4.69) is 35.6 Å². The van der Waals surface area contributed by atoms with Crippen LogP contribution in [0, 0.1) is 6.92 Å². The molecule has 0 radical (unpaired) electrons. The second-order valence-electron chi connectivity index (χ2n) is 5.00. The molecule has 102 valence electrons. The number of hydrazone groups is 1. The van der Waals surface area contributed by atoms with E-state index in [4.69, 9.17) is 0 Å². The van der Waals surface area contributed by atoms with Crippen LogP contribution < -0.4 is 0 Å². The van der Waals surface area contributed by atoms with Gasteiger partial charge in [-0.2, -0.15) is 16.4 Å². The van der Waals surface area contributed by atoms with Crippen LogP contribution in [0.3, 0.4) is 0 Å². The molecule has 1 aliphatic heterocycles. The maximum absolute atomic E-state index is 11.9. The number of amides is 1. The van der Waals surface area contributed by atoms with E-state index in [0.29, 0.717) is 0 Å². The van der Waals surface area contributed by atoms with Gasteiger partial charge in [0.1, 0.15) is 0 Å². The Morgan fingerprint density at radius 1 is 1.35 bits per heavy atom. The number of carbonyl (C=O) groups is 1. The van der Waals surface area contributed by atoms with Gasteiger partial charge in [-0.25, -0.2) is 5.01 Å². The number of nitrogens with zero attached hydrogens (tertiary/aromatic N) is 2. The van der Waals surface area contributed by atoms with Gasteiger partial charge >= 0.3 is 0 Å². The Labute approximate surface area is 122 Å². The molecule has 0 saturated heterocycles. The summed E-state index contributed by atoms with van der Waals surface area (Å²) in [6, 6.07) is 10.3. The summed E-state index contributed by atoms with van der Waals surface area (Å²) in [6.45, 7) is 3.65. The Balaban J connectivity index is 1.98. The van der Waals surface area contributed by atoms with Crippen molar-refractivity contribution >= 4 is 23.0 Å². The fourth-order valence-corrected chi connectivity index (χ4v) is 3.27. The molecule has 0 fully saturated rings. The second-order valence-corrected chi connectivity index (χ2v) is 5.78. The number of benzene rings is 1. The lowest BCUT2D eigenvalue weighted by Crippen LogP contribution is -2.24. The highest BCUT2D eigenvalue weighted by atomic mass is 32.1. The van der Waals surface area contributed by atoms with Crippen molar-refractivity contribution in [3.63, 3.8) is 0 Å². The number of rotatable bonds is 2. The molecule has 2 heterocycles. The van der Waals surface area contributed by atoms with Crippen LogP contribution in [0.5, 0.6) is 0 Å². The Bertz CT molecular complexity index is 661. The van der Waals surface area contributed by atoms with Crippen molar-refractivity contribution in [2.45, 2.75) is 26.3 Å². The molecule has 0 N–H and O–H groups in total. The van der Waals surface area contributed by atoms with E-state index in [-0.39, 0.29) is 11.9 Å². The fourth-order valence-electron chi connectivity index (χ4n) is 2.61. The van der Waals surface area contributed by atoms with E-state index in [1.54, 1.807) is 23.3 Å². The molecule has 20 heavy (non-hydrogen) atoms. The van der Waals surface area contributed by atoms with Crippen LogP contribution in [0.25, 0.3) is 0 Å². The molecule has 0 saturated carbocycles. The molecule has 3 nitrogen and oxygen atoms in total. The minimum Gasteiger partial charge on any atom is -0.273 e. The van der Waals surface area contributed by atoms with Gasteiger partial charge < -0.3 is 0 Å². The lowest BCUT2D eigenvalue weighted by molar-refractivity contribution is -0.130. The molecule has 3 rings (SSSR count). The summed E-state index contributed by atoms with van der Waals surface area (Å²) >= 11 is 1.65. The highest BCUT2D eigenvalue weighted by Gasteiger charge is 2.32. The maximum Gasteiger partial charge on any atom is 0.240 e. The van der Waals surface area contributed by atoms with Crippen LogP contribution in [0.2, 0.25) is 0 Å². The predicted molar refractivity (Wildman–Crippen MR) is 81.9 cm³/mol. The zero-order valence-corrected chi connectivity index (χ0v) is 12.4. The smallest absolute Gasteiger partial charge is 0.240 e. The van der Waals surface area contributed by atoms with E-state index >= 15 is 0 Å². The van der Waals surface area contributed by atoms with Crippen molar-refractivity contribution in [1.82, 2.24) is 5.01 Å². The minimum atomic E-state index is -0.0107. The van der Waals surface area contributed by atoms with Gasteiger partial charge in [-0.05, 0) is 34.9 Å². The standard InChI is InChI=1S/C16H16N2OS/c1-11-5-3-4-6-14(11)16-9-15(13-7-8-20-10-13)17-18(16)12(2)19/h3-8,10,16H,9H2,1-2H3/t16-/m1/s1. The van der Waals surface area contributed by atoms with Gasteiger partial charge in [0, 0.05) is 18.9 Å². The van der Waals surface area contributed by atoms with Crippen LogP contribution in [0.1, 0.15) is 36.1 Å². The number of thiophene rings is 1. The molecule has 0 bridgehead atoms. The molecule has 1 aliphatic rings. The van der Waals surface area contributed by atoms with Crippen molar-refractivity contribution in [2.24, 2.45) is 5.10 Å². The third kappa shape index (κ3) is 2.27. The molecule has 0 aliphatic carbocycles. The molecule has 1 aromatic carbocycles. The molecule has 1 aromatic heterocycles. The van der Waals surface area contributed by atoms with Gasteiger partial charge in [0.25, 0.3) is 0 Å². The third-order valence-corrected chi connectivity index (χ3v) is 4.32. The molecule has 0 unspecified atom stereocenters. The number of hydrogen-bond donors (Lipinski definition) is 0. The minimum absolute atomic E-state index is 0.0107. The van der Waals surface area contributed by atoms with Gasteiger partial charge in [0.15, 0.2) is 0 Å². The molecule has 4 heteroatoms. The number of aryl methyl sites for hydroxylation is 1. The summed E-state index contributed by atoms with van der Waals surface area (Å²) in [5.41, 5.74) is 4.49. The summed E-state index contributed by atoms with van der Waals surface area (Å²) in [7, 11) is 0. The molecular weight excluding hydrogens is 268 g/mol. The van der Waals surface area contributed by atoms with Gasteiger partial charge in [-0.3, -0.25) is 4.79 Å². The second kappa shape index (κ2) is 5.21. The van der Waals surface area contributed by atoms with E-state index in [0.717, 1.165) is 17.7 Å². The van der Waals surface area contributed by atoms with Crippen molar-refractivity contribution in [1.29, 1.82) is 0 Å². The zero-order valence-electron chi connectivity index (χ0n) is 11.5. The lowest BCUT2D eigenvalue weighted by Gasteiger charge is -2.22. The van der Waals surface area contributed by atoms with Crippen molar-refractivity contribution in [3.8, 4) is 0 Å². The quantitative estimate of drug-likeness (QED) is 0.826. The van der Waals surface area contributed by atoms with Gasteiger partial charge in [-0.15, -0.1) is 0 Å². The number of carbonyl (C=O) groups excluding carboxylic acids is 1. The first-order valence-electron chi connectivity index (χ1n) is 6.62. The molecular formula is C16H16N2OS. The first kappa shape index (κ1) is 13.1. The maximum atomic E-state index is 11.9. The topological polar surface area (TPSA) is 32.7 Å². The Morgan fingerprint density at radius 2 is 2.15 bits per heavy atom. The predicted octanol–water partition coefficient (Wildman–Crippen LogP) is 3.75. The highest BCUT2D eigenvalue weighted by Crippen LogP contribution is 2.34. The Morgan fingerprint density at radius 3 is 2.80 bits per heavy atom. The largest absolute Gasteiger partial charge is 0.273 e. The molecule has 1 atom stereocenters. The Hall–Kier alpha value is -1.94. The SMILES string of the molecule is CC(=O)N1N=C(c2ccsc2)C[C@@H]1c1ccccc1C. The van der Waals surface area contributed by atoms with E-state index in [1.807, 2.05) is 17.5 Å². The van der Waals surface area contributed by atoms with Crippen molar-refractivity contribution < 1.29 is 4.79 Å². The molecule has 2 aromatic rings. The summed E-state index contributed by atoms with van der Waals surface area (Å²) in [4.78, 5) is 11.9. The Kier molecular flexibility index (Phi) is 3.40.